The molecule has 0 fully saturated rings. The number of carbonyl (C=O) groups is 1. The van der Waals surface area contributed by atoms with E-state index in [9.17, 15) is 4.79 Å². The first-order valence-corrected chi connectivity index (χ1v) is 6.18. The van der Waals surface area contributed by atoms with Crippen LogP contribution in [0.1, 0.15) is 29.2 Å². The Bertz CT molecular complexity index is 588. The lowest BCUT2D eigenvalue weighted by Gasteiger charge is -2.16. The van der Waals surface area contributed by atoms with Crippen LogP contribution in [0, 0.1) is 0 Å². The molecular weight excluding hydrogens is 254 g/mol. The van der Waals surface area contributed by atoms with Crippen LogP contribution in [0.15, 0.2) is 12.4 Å². The highest BCUT2D eigenvalue weighted by Crippen LogP contribution is 2.20. The van der Waals surface area contributed by atoms with E-state index in [4.69, 9.17) is 11.6 Å². The van der Waals surface area contributed by atoms with E-state index >= 15 is 0 Å². The number of amides is 1. The lowest BCUT2D eigenvalue weighted by Crippen LogP contribution is -2.18. The van der Waals surface area contributed by atoms with Crippen molar-refractivity contribution in [2.45, 2.75) is 25.8 Å². The molecule has 0 unspecified atom stereocenters. The monoisotopic (exact) mass is 265 g/mol. The maximum atomic E-state index is 12.0. The Hall–Kier alpha value is -1.82. The third-order valence-electron chi connectivity index (χ3n) is 3.03. The molecule has 1 aliphatic heterocycles. The van der Waals surface area contributed by atoms with Crippen molar-refractivity contribution in [2.24, 2.45) is 0 Å². The van der Waals surface area contributed by atoms with Gasteiger partial charge in [0.1, 0.15) is 17.3 Å². The number of rotatable bonds is 2. The number of hydrogen-bond donors (Lipinski definition) is 2. The van der Waals surface area contributed by atoms with Gasteiger partial charge in [0, 0.05) is 13.0 Å². The third-order valence-corrected chi connectivity index (χ3v) is 3.32. The molecule has 7 heteroatoms. The smallest absolute Gasteiger partial charge is 0.276 e. The van der Waals surface area contributed by atoms with Crippen LogP contribution in [-0.4, -0.2) is 25.7 Å². The lowest BCUT2D eigenvalue weighted by atomic mass is 10.2. The lowest BCUT2D eigenvalue weighted by molar-refractivity contribution is 0.102. The van der Waals surface area contributed by atoms with E-state index in [1.54, 1.807) is 6.20 Å². The third kappa shape index (κ3) is 1.88. The number of imidazole rings is 1. The van der Waals surface area contributed by atoms with Crippen molar-refractivity contribution in [1.29, 1.82) is 0 Å². The van der Waals surface area contributed by atoms with Gasteiger partial charge in [-0.3, -0.25) is 9.89 Å². The van der Waals surface area contributed by atoms with E-state index < -0.39 is 0 Å². The fourth-order valence-electron chi connectivity index (χ4n) is 2.13. The zero-order valence-corrected chi connectivity index (χ0v) is 10.4. The molecule has 1 aliphatic rings. The molecule has 1 amide bonds. The number of nitrogens with one attached hydrogen (secondary N) is 2. The zero-order chi connectivity index (χ0) is 12.5. The van der Waals surface area contributed by atoms with Gasteiger partial charge < -0.3 is 9.88 Å². The van der Waals surface area contributed by atoms with E-state index in [2.05, 4.69) is 20.5 Å². The number of fused-ring (bicyclic) bond motifs is 1. The number of aromatic amines is 1. The van der Waals surface area contributed by atoms with E-state index in [0.29, 0.717) is 10.8 Å². The van der Waals surface area contributed by atoms with Gasteiger partial charge in [-0.2, -0.15) is 5.10 Å². The number of anilines is 1. The number of carbonyl (C=O) groups excluding carboxylic acids is 1. The van der Waals surface area contributed by atoms with Crippen LogP contribution in [0.25, 0.3) is 0 Å². The van der Waals surface area contributed by atoms with Crippen molar-refractivity contribution in [3.63, 3.8) is 0 Å². The minimum Gasteiger partial charge on any atom is -0.315 e. The first-order chi connectivity index (χ1) is 8.75. The minimum atomic E-state index is -0.300. The van der Waals surface area contributed by atoms with Gasteiger partial charge in [0.05, 0.1) is 17.4 Å². The van der Waals surface area contributed by atoms with Crippen LogP contribution >= 0.6 is 11.6 Å². The highest BCUT2D eigenvalue weighted by Gasteiger charge is 2.18. The number of H-pyrrole nitrogens is 1. The Balaban J connectivity index is 1.83. The van der Waals surface area contributed by atoms with Crippen molar-refractivity contribution < 1.29 is 4.79 Å². The Kier molecular flexibility index (Phi) is 2.79. The number of halogens is 1. The number of aryl methyl sites for hydroxylation is 1. The maximum absolute atomic E-state index is 12.0. The van der Waals surface area contributed by atoms with Gasteiger partial charge in [-0.25, -0.2) is 4.98 Å². The number of aromatic nitrogens is 4. The van der Waals surface area contributed by atoms with Crippen molar-refractivity contribution in [2.75, 3.05) is 5.32 Å². The standard InChI is InChI=1S/C11H12ClN5O/c12-7-5-14-16-10(7)11(18)15-9-6-13-8-3-1-2-4-17(8)9/h5-6H,1-4H2,(H,14,16)(H,15,18). The summed E-state index contributed by atoms with van der Waals surface area (Å²) in [5.74, 6) is 1.43. The molecular formula is C11H12ClN5O. The Morgan fingerprint density at radius 2 is 2.33 bits per heavy atom. The second-order valence-corrected chi connectivity index (χ2v) is 4.62. The van der Waals surface area contributed by atoms with Crippen LogP contribution in [0.5, 0.6) is 0 Å². The second-order valence-electron chi connectivity index (χ2n) is 4.22. The molecule has 2 N–H and O–H groups in total. The van der Waals surface area contributed by atoms with E-state index in [1.165, 1.54) is 6.20 Å². The van der Waals surface area contributed by atoms with Crippen LogP contribution in [0.3, 0.4) is 0 Å². The van der Waals surface area contributed by atoms with Crippen molar-refractivity contribution in [1.82, 2.24) is 19.7 Å². The molecule has 0 spiro atoms. The minimum absolute atomic E-state index is 0.267. The summed E-state index contributed by atoms with van der Waals surface area (Å²) in [5, 5.41) is 9.40. The fourth-order valence-corrected chi connectivity index (χ4v) is 2.30. The summed E-state index contributed by atoms with van der Waals surface area (Å²) in [6.45, 7) is 0.891. The summed E-state index contributed by atoms with van der Waals surface area (Å²) in [7, 11) is 0. The molecule has 0 aromatic carbocycles. The van der Waals surface area contributed by atoms with Gasteiger partial charge in [-0.1, -0.05) is 11.6 Å². The van der Waals surface area contributed by atoms with Crippen molar-refractivity contribution >= 4 is 23.3 Å². The first kappa shape index (κ1) is 11.3. The summed E-state index contributed by atoms with van der Waals surface area (Å²) < 4.78 is 2.03. The molecule has 0 saturated heterocycles. The molecule has 2 aromatic rings. The maximum Gasteiger partial charge on any atom is 0.276 e. The normalized spacial score (nSPS) is 14.3. The highest BCUT2D eigenvalue weighted by molar-refractivity contribution is 6.34. The molecule has 18 heavy (non-hydrogen) atoms. The van der Waals surface area contributed by atoms with E-state index in [1.807, 2.05) is 4.57 Å². The summed E-state index contributed by atoms with van der Waals surface area (Å²) in [6.07, 6.45) is 6.31. The van der Waals surface area contributed by atoms with Gasteiger partial charge in [0.2, 0.25) is 0 Å². The summed E-state index contributed by atoms with van der Waals surface area (Å²) in [6, 6.07) is 0. The SMILES string of the molecule is O=C(Nc1cnc2n1CCCC2)c1[nH]ncc1Cl. The van der Waals surface area contributed by atoms with Gasteiger partial charge >= 0.3 is 0 Å². The molecule has 0 atom stereocenters. The zero-order valence-electron chi connectivity index (χ0n) is 9.61. The van der Waals surface area contributed by atoms with E-state index in [0.717, 1.165) is 31.6 Å². The average Bonchev–Trinajstić information content (AvgIpc) is 2.97. The fraction of sp³-hybridized carbons (Fsp3) is 0.364. The van der Waals surface area contributed by atoms with Crippen molar-refractivity contribution in [3.8, 4) is 0 Å². The topological polar surface area (TPSA) is 75.6 Å². The largest absolute Gasteiger partial charge is 0.315 e. The van der Waals surface area contributed by atoms with Gasteiger partial charge in [-0.15, -0.1) is 0 Å². The van der Waals surface area contributed by atoms with Gasteiger partial charge in [0.25, 0.3) is 5.91 Å². The summed E-state index contributed by atoms with van der Waals surface area (Å²) in [5.41, 5.74) is 0.267. The molecule has 0 aliphatic carbocycles. The molecule has 2 aromatic heterocycles. The summed E-state index contributed by atoms with van der Waals surface area (Å²) >= 11 is 5.84. The number of hydrogen-bond acceptors (Lipinski definition) is 3. The quantitative estimate of drug-likeness (QED) is 0.870. The molecule has 6 nitrogen and oxygen atoms in total. The molecule has 3 heterocycles. The average molecular weight is 266 g/mol. The molecule has 0 radical (unpaired) electrons. The molecule has 3 rings (SSSR count). The molecule has 0 bridgehead atoms. The highest BCUT2D eigenvalue weighted by atomic mass is 35.5. The van der Waals surface area contributed by atoms with Crippen molar-refractivity contribution in [3.05, 3.63) is 28.9 Å². The number of nitrogens with zero attached hydrogens (tertiary/aromatic N) is 3. The van der Waals surface area contributed by atoms with E-state index in [-0.39, 0.29) is 11.6 Å². The van der Waals surface area contributed by atoms with Gasteiger partial charge in [-0.05, 0) is 12.8 Å². The Morgan fingerprint density at radius 3 is 3.11 bits per heavy atom. The van der Waals surface area contributed by atoms with Crippen LogP contribution in [-0.2, 0) is 13.0 Å². The molecule has 94 valence electrons. The second kappa shape index (κ2) is 4.45. The Morgan fingerprint density at radius 1 is 1.44 bits per heavy atom. The Labute approximate surface area is 108 Å². The van der Waals surface area contributed by atoms with Crippen LogP contribution < -0.4 is 5.32 Å². The first-order valence-electron chi connectivity index (χ1n) is 5.80. The molecule has 0 saturated carbocycles. The van der Waals surface area contributed by atoms with Crippen LogP contribution in [0.4, 0.5) is 5.82 Å². The predicted molar refractivity (Wildman–Crippen MR) is 66.7 cm³/mol. The van der Waals surface area contributed by atoms with Crippen LogP contribution in [0.2, 0.25) is 5.02 Å². The summed E-state index contributed by atoms with van der Waals surface area (Å²) in [4.78, 5) is 16.3. The predicted octanol–water partition coefficient (Wildman–Crippen LogP) is 1.85. The van der Waals surface area contributed by atoms with Gasteiger partial charge in [0.15, 0.2) is 0 Å².